The van der Waals surface area contributed by atoms with Gasteiger partial charge < -0.3 is 10.0 Å². The van der Waals surface area contributed by atoms with E-state index in [0.29, 0.717) is 24.5 Å². The van der Waals surface area contributed by atoms with Crippen LogP contribution in [0.2, 0.25) is 0 Å². The lowest BCUT2D eigenvalue weighted by molar-refractivity contribution is 0.301. The maximum Gasteiger partial charge on any atom is 0.146 e. The van der Waals surface area contributed by atoms with Crippen LogP contribution < -0.4 is 4.90 Å². The lowest BCUT2D eigenvalue weighted by Crippen LogP contribution is -2.27. The summed E-state index contributed by atoms with van der Waals surface area (Å²) in [4.78, 5) is 6.17. The fourth-order valence-electron chi connectivity index (χ4n) is 1.92. The van der Waals surface area contributed by atoms with Gasteiger partial charge >= 0.3 is 0 Å². The SMILES string of the molecule is N#Cc1cccnc1N(CCO)Cc1ccccc1. The highest BCUT2D eigenvalue weighted by Crippen LogP contribution is 2.18. The Labute approximate surface area is 112 Å². The van der Waals surface area contributed by atoms with Gasteiger partial charge in [-0.15, -0.1) is 0 Å². The third-order valence-electron chi connectivity index (χ3n) is 2.79. The molecule has 0 saturated carbocycles. The van der Waals surface area contributed by atoms with Crippen molar-refractivity contribution >= 4 is 5.82 Å². The molecule has 0 radical (unpaired) electrons. The maximum atomic E-state index is 9.19. The number of pyridine rings is 1. The molecule has 0 bridgehead atoms. The first kappa shape index (κ1) is 13.1. The molecule has 1 heterocycles. The zero-order chi connectivity index (χ0) is 13.5. The van der Waals surface area contributed by atoms with E-state index >= 15 is 0 Å². The molecule has 0 spiro atoms. The number of hydrogen-bond donors (Lipinski definition) is 1. The second-order valence-corrected chi connectivity index (χ2v) is 4.12. The molecule has 2 aromatic rings. The predicted octanol–water partition coefficient (Wildman–Crippen LogP) is 1.95. The van der Waals surface area contributed by atoms with Crippen LogP contribution in [-0.2, 0) is 6.54 Å². The molecule has 96 valence electrons. The summed E-state index contributed by atoms with van der Waals surface area (Å²) in [5.41, 5.74) is 1.64. The molecule has 0 amide bonds. The Morgan fingerprint density at radius 3 is 2.63 bits per heavy atom. The highest BCUT2D eigenvalue weighted by Gasteiger charge is 2.12. The van der Waals surface area contributed by atoms with E-state index in [4.69, 9.17) is 5.26 Å². The van der Waals surface area contributed by atoms with E-state index in [2.05, 4.69) is 11.1 Å². The quantitative estimate of drug-likeness (QED) is 0.884. The fourth-order valence-corrected chi connectivity index (χ4v) is 1.92. The van der Waals surface area contributed by atoms with Crippen molar-refractivity contribution in [2.24, 2.45) is 0 Å². The van der Waals surface area contributed by atoms with Crippen molar-refractivity contribution in [1.29, 1.82) is 5.26 Å². The van der Waals surface area contributed by atoms with Crippen LogP contribution in [0, 0.1) is 11.3 Å². The lowest BCUT2D eigenvalue weighted by Gasteiger charge is -2.23. The van der Waals surface area contributed by atoms with Crippen LogP contribution in [0.15, 0.2) is 48.7 Å². The second kappa shape index (κ2) is 6.53. The molecule has 4 heteroatoms. The van der Waals surface area contributed by atoms with E-state index in [1.54, 1.807) is 18.3 Å². The molecule has 19 heavy (non-hydrogen) atoms. The average Bonchev–Trinajstić information content (AvgIpc) is 2.48. The second-order valence-electron chi connectivity index (χ2n) is 4.12. The smallest absolute Gasteiger partial charge is 0.146 e. The molecule has 0 atom stereocenters. The summed E-state index contributed by atoms with van der Waals surface area (Å²) in [6.45, 7) is 1.09. The van der Waals surface area contributed by atoms with Gasteiger partial charge in [0.25, 0.3) is 0 Å². The summed E-state index contributed by atoms with van der Waals surface area (Å²) in [6.07, 6.45) is 1.66. The summed E-state index contributed by atoms with van der Waals surface area (Å²) in [5.74, 6) is 0.614. The van der Waals surface area contributed by atoms with Gasteiger partial charge in [0.15, 0.2) is 0 Å². The van der Waals surface area contributed by atoms with E-state index in [1.165, 1.54) is 0 Å². The zero-order valence-corrected chi connectivity index (χ0v) is 10.5. The Morgan fingerprint density at radius 1 is 1.16 bits per heavy atom. The Hall–Kier alpha value is -2.38. The number of aromatic nitrogens is 1. The first-order valence-electron chi connectivity index (χ1n) is 6.10. The number of nitrogens with zero attached hydrogens (tertiary/aromatic N) is 3. The number of benzene rings is 1. The van der Waals surface area contributed by atoms with Gasteiger partial charge in [-0.3, -0.25) is 0 Å². The third kappa shape index (κ3) is 3.30. The van der Waals surface area contributed by atoms with E-state index in [9.17, 15) is 5.11 Å². The number of aliphatic hydroxyl groups is 1. The minimum atomic E-state index is 0.0221. The Bertz CT molecular complexity index is 563. The molecule has 1 aromatic carbocycles. The monoisotopic (exact) mass is 253 g/mol. The van der Waals surface area contributed by atoms with Gasteiger partial charge in [-0.05, 0) is 17.7 Å². The molecule has 0 unspecified atom stereocenters. The van der Waals surface area contributed by atoms with E-state index < -0.39 is 0 Å². The molecule has 0 fully saturated rings. The molecule has 0 saturated heterocycles. The van der Waals surface area contributed by atoms with Gasteiger partial charge in [-0.2, -0.15) is 5.26 Å². The Kier molecular flexibility index (Phi) is 4.49. The van der Waals surface area contributed by atoms with Gasteiger partial charge in [0, 0.05) is 19.3 Å². The number of nitriles is 1. The Morgan fingerprint density at radius 2 is 1.95 bits per heavy atom. The van der Waals surface area contributed by atoms with Crippen LogP contribution in [0.4, 0.5) is 5.82 Å². The molecule has 4 nitrogen and oxygen atoms in total. The van der Waals surface area contributed by atoms with Gasteiger partial charge in [-0.25, -0.2) is 4.98 Å². The number of rotatable bonds is 5. The van der Waals surface area contributed by atoms with Gasteiger partial charge in [0.05, 0.1) is 12.2 Å². The molecular weight excluding hydrogens is 238 g/mol. The van der Waals surface area contributed by atoms with Crippen molar-refractivity contribution in [1.82, 2.24) is 4.98 Å². The molecule has 1 aromatic heterocycles. The largest absolute Gasteiger partial charge is 0.395 e. The minimum Gasteiger partial charge on any atom is -0.395 e. The molecule has 1 N–H and O–H groups in total. The van der Waals surface area contributed by atoms with Crippen molar-refractivity contribution < 1.29 is 5.11 Å². The van der Waals surface area contributed by atoms with E-state index in [0.717, 1.165) is 5.56 Å². The highest BCUT2D eigenvalue weighted by atomic mass is 16.3. The molecule has 0 aliphatic rings. The van der Waals surface area contributed by atoms with Crippen LogP contribution >= 0.6 is 0 Å². The Balaban J connectivity index is 2.27. The molecule has 0 aliphatic carbocycles. The van der Waals surface area contributed by atoms with Crippen LogP contribution in [0.3, 0.4) is 0 Å². The molecule has 2 rings (SSSR count). The van der Waals surface area contributed by atoms with Crippen LogP contribution in [-0.4, -0.2) is 23.2 Å². The number of aliphatic hydroxyl groups excluding tert-OH is 1. The summed E-state index contributed by atoms with van der Waals surface area (Å²) >= 11 is 0. The van der Waals surface area contributed by atoms with Crippen molar-refractivity contribution in [2.75, 3.05) is 18.1 Å². The van der Waals surface area contributed by atoms with Crippen molar-refractivity contribution in [3.05, 3.63) is 59.8 Å². The summed E-state index contributed by atoms with van der Waals surface area (Å²) in [5, 5.41) is 18.3. The standard InChI is InChI=1S/C15H15N3O/c16-11-14-7-4-8-17-15(14)18(9-10-19)12-13-5-2-1-3-6-13/h1-8,19H,9-10,12H2. The van der Waals surface area contributed by atoms with E-state index in [1.807, 2.05) is 35.2 Å². The first-order chi connectivity index (χ1) is 9.35. The van der Waals surface area contributed by atoms with Crippen LogP contribution in [0.1, 0.15) is 11.1 Å². The topological polar surface area (TPSA) is 60.2 Å². The maximum absolute atomic E-state index is 9.19. The van der Waals surface area contributed by atoms with Crippen LogP contribution in [0.25, 0.3) is 0 Å². The highest BCUT2D eigenvalue weighted by molar-refractivity contribution is 5.53. The van der Waals surface area contributed by atoms with Crippen LogP contribution in [0.5, 0.6) is 0 Å². The first-order valence-corrected chi connectivity index (χ1v) is 6.10. The number of anilines is 1. The fraction of sp³-hybridized carbons (Fsp3) is 0.200. The molecule has 0 aliphatic heterocycles. The van der Waals surface area contributed by atoms with Gasteiger partial charge in [0.2, 0.25) is 0 Å². The third-order valence-corrected chi connectivity index (χ3v) is 2.79. The summed E-state index contributed by atoms with van der Waals surface area (Å²) in [6, 6.07) is 15.5. The number of hydrogen-bond acceptors (Lipinski definition) is 4. The van der Waals surface area contributed by atoms with Crippen molar-refractivity contribution in [3.63, 3.8) is 0 Å². The predicted molar refractivity (Wildman–Crippen MR) is 73.5 cm³/mol. The van der Waals surface area contributed by atoms with Gasteiger partial charge in [0.1, 0.15) is 11.9 Å². The van der Waals surface area contributed by atoms with E-state index in [-0.39, 0.29) is 6.61 Å². The summed E-state index contributed by atoms with van der Waals surface area (Å²) < 4.78 is 0. The normalized spacial score (nSPS) is 9.89. The van der Waals surface area contributed by atoms with Crippen molar-refractivity contribution in [2.45, 2.75) is 6.54 Å². The summed E-state index contributed by atoms with van der Waals surface area (Å²) in [7, 11) is 0. The van der Waals surface area contributed by atoms with Crippen molar-refractivity contribution in [3.8, 4) is 6.07 Å². The minimum absolute atomic E-state index is 0.0221. The lowest BCUT2D eigenvalue weighted by atomic mass is 10.2. The zero-order valence-electron chi connectivity index (χ0n) is 10.5. The molecular formula is C15H15N3O. The van der Waals surface area contributed by atoms with Gasteiger partial charge in [-0.1, -0.05) is 30.3 Å². The average molecular weight is 253 g/mol.